The van der Waals surface area contributed by atoms with E-state index in [1.807, 2.05) is 0 Å². The molecule has 7 heteroatoms. The number of Topliss-reactive ketones (excluding diaryl/α,β-unsaturated/α-hetero) is 1. The van der Waals surface area contributed by atoms with Crippen LogP contribution in [-0.4, -0.2) is 38.7 Å². The first-order chi connectivity index (χ1) is 10.4. The predicted molar refractivity (Wildman–Crippen MR) is 76.2 cm³/mol. The molecular weight excluding hydrogens is 290 g/mol. The van der Waals surface area contributed by atoms with Gasteiger partial charge in [0, 0.05) is 17.0 Å². The summed E-state index contributed by atoms with van der Waals surface area (Å²) in [6.07, 6.45) is -1.03. The van der Waals surface area contributed by atoms with E-state index >= 15 is 0 Å². The van der Waals surface area contributed by atoms with Crippen LogP contribution >= 0.6 is 0 Å². The molecule has 0 saturated heterocycles. The fourth-order valence-electron chi connectivity index (χ4n) is 2.66. The number of carbonyl (C=O) groups excluding carboxylic acids is 1. The van der Waals surface area contributed by atoms with Gasteiger partial charge in [-0.1, -0.05) is 6.92 Å². The molecule has 0 radical (unpaired) electrons. The molecule has 2 unspecified atom stereocenters. The highest BCUT2D eigenvalue weighted by atomic mass is 16.5. The van der Waals surface area contributed by atoms with Crippen LogP contribution in [0.4, 0.5) is 0 Å². The van der Waals surface area contributed by atoms with Crippen molar-refractivity contribution in [3.63, 3.8) is 0 Å². The minimum absolute atomic E-state index is 0.0658. The van der Waals surface area contributed by atoms with E-state index in [1.165, 1.54) is 12.1 Å². The molecule has 2 atom stereocenters. The van der Waals surface area contributed by atoms with Gasteiger partial charge in [-0.05, 0) is 24.6 Å². The summed E-state index contributed by atoms with van der Waals surface area (Å²) in [5.74, 6) is -2.40. The topological polar surface area (TPSA) is 117 Å². The number of hydrogen-bond acceptors (Lipinski definition) is 5. The maximum absolute atomic E-state index is 12.5. The van der Waals surface area contributed by atoms with E-state index in [-0.39, 0.29) is 23.3 Å². The average Bonchev–Trinajstić information content (AvgIpc) is 2.49. The second kappa shape index (κ2) is 4.67. The van der Waals surface area contributed by atoms with Gasteiger partial charge in [0.1, 0.15) is 11.9 Å². The van der Waals surface area contributed by atoms with E-state index in [0.717, 1.165) is 0 Å². The van der Waals surface area contributed by atoms with Crippen LogP contribution in [0, 0.1) is 0 Å². The molecule has 22 heavy (non-hydrogen) atoms. The summed E-state index contributed by atoms with van der Waals surface area (Å²) in [4.78, 5) is 37.8. The number of H-pyrrole nitrogens is 1. The van der Waals surface area contributed by atoms with Crippen molar-refractivity contribution in [3.05, 3.63) is 40.2 Å². The Hall–Kier alpha value is -2.67. The Labute approximate surface area is 124 Å². The summed E-state index contributed by atoms with van der Waals surface area (Å²) >= 11 is 0. The van der Waals surface area contributed by atoms with E-state index in [0.29, 0.717) is 10.9 Å². The van der Waals surface area contributed by atoms with Crippen LogP contribution in [0.1, 0.15) is 23.7 Å². The largest absolute Gasteiger partial charge is 0.485 e. The fourth-order valence-corrected chi connectivity index (χ4v) is 2.66. The lowest BCUT2D eigenvalue weighted by Crippen LogP contribution is -2.60. The minimum atomic E-state index is -2.63. The number of aromatic amines is 1. The first-order valence-electron chi connectivity index (χ1n) is 6.72. The van der Waals surface area contributed by atoms with Crippen molar-refractivity contribution in [2.75, 3.05) is 0 Å². The van der Waals surface area contributed by atoms with Crippen LogP contribution < -0.4 is 10.3 Å². The fraction of sp³-hybridized carbons (Fsp3) is 0.267. The first kappa shape index (κ1) is 14.3. The average molecular weight is 303 g/mol. The number of carbonyl (C=O) groups is 2. The van der Waals surface area contributed by atoms with Gasteiger partial charge in [0.2, 0.25) is 11.3 Å². The highest BCUT2D eigenvalue weighted by Crippen LogP contribution is 2.37. The second-order valence-electron chi connectivity index (χ2n) is 5.17. The maximum atomic E-state index is 12.5. The number of aliphatic hydroxyl groups is 1. The Morgan fingerprint density at radius 3 is 2.73 bits per heavy atom. The van der Waals surface area contributed by atoms with Crippen LogP contribution in [0.3, 0.4) is 0 Å². The molecule has 0 spiro atoms. The number of rotatable bonds is 2. The number of pyridine rings is 1. The van der Waals surface area contributed by atoms with Gasteiger partial charge in [0.25, 0.3) is 5.60 Å². The summed E-state index contributed by atoms with van der Waals surface area (Å²) in [6.45, 7) is 1.62. The highest BCUT2D eigenvalue weighted by molar-refractivity contribution is 6.18. The molecule has 1 aromatic carbocycles. The van der Waals surface area contributed by atoms with E-state index in [2.05, 4.69) is 4.98 Å². The zero-order valence-electron chi connectivity index (χ0n) is 11.6. The lowest BCUT2D eigenvalue weighted by molar-refractivity contribution is -0.162. The standard InChI is InChI=1S/C15H13NO6/c1-2-11-15(21,14(19)20)13(18)8-6-9-7(5-10(8)22-11)3-4-12(17)16-9/h3-6,11,21H,2H2,1H3,(H,16,17)(H,19,20). The molecule has 7 nitrogen and oxygen atoms in total. The first-order valence-corrected chi connectivity index (χ1v) is 6.72. The lowest BCUT2D eigenvalue weighted by atomic mass is 9.83. The van der Waals surface area contributed by atoms with E-state index < -0.39 is 23.5 Å². The summed E-state index contributed by atoms with van der Waals surface area (Å²) in [6, 6.07) is 5.78. The number of carboxylic acid groups (broad SMARTS) is 1. The van der Waals surface area contributed by atoms with E-state index in [4.69, 9.17) is 4.74 Å². The van der Waals surface area contributed by atoms with Gasteiger partial charge in [-0.2, -0.15) is 0 Å². The number of fused-ring (bicyclic) bond motifs is 2. The monoisotopic (exact) mass is 303 g/mol. The molecule has 2 aromatic rings. The van der Waals surface area contributed by atoms with Crippen molar-refractivity contribution in [2.45, 2.75) is 25.0 Å². The number of aromatic nitrogens is 1. The predicted octanol–water partition coefficient (Wildman–Crippen LogP) is 0.697. The Morgan fingerprint density at radius 2 is 2.09 bits per heavy atom. The molecular formula is C15H13NO6. The zero-order chi connectivity index (χ0) is 16.1. The van der Waals surface area contributed by atoms with Crippen LogP contribution in [0.5, 0.6) is 5.75 Å². The highest BCUT2D eigenvalue weighted by Gasteiger charge is 2.55. The zero-order valence-corrected chi connectivity index (χ0v) is 11.6. The molecule has 3 rings (SSSR count). The molecule has 0 fully saturated rings. The minimum Gasteiger partial charge on any atom is -0.485 e. The van der Waals surface area contributed by atoms with Crippen molar-refractivity contribution in [2.24, 2.45) is 0 Å². The summed E-state index contributed by atoms with van der Waals surface area (Å²) < 4.78 is 5.52. The van der Waals surface area contributed by atoms with Crippen LogP contribution in [-0.2, 0) is 4.79 Å². The number of carboxylic acids is 1. The van der Waals surface area contributed by atoms with Gasteiger partial charge in [0.15, 0.2) is 0 Å². The number of aliphatic carboxylic acids is 1. The number of benzene rings is 1. The third-order valence-electron chi connectivity index (χ3n) is 3.85. The molecule has 1 aliphatic rings. The number of ether oxygens (including phenoxy) is 1. The summed E-state index contributed by atoms with van der Waals surface area (Å²) in [7, 11) is 0. The van der Waals surface area contributed by atoms with Gasteiger partial charge in [-0.25, -0.2) is 4.79 Å². The van der Waals surface area contributed by atoms with Gasteiger partial charge in [-0.15, -0.1) is 0 Å². The molecule has 1 aromatic heterocycles. The molecule has 1 aliphatic heterocycles. The van der Waals surface area contributed by atoms with E-state index in [9.17, 15) is 24.6 Å². The number of nitrogens with one attached hydrogen (secondary N) is 1. The Bertz CT molecular complexity index is 855. The summed E-state index contributed by atoms with van der Waals surface area (Å²) in [5.41, 5.74) is -2.68. The Morgan fingerprint density at radius 1 is 1.36 bits per heavy atom. The Kier molecular flexibility index (Phi) is 3.03. The summed E-state index contributed by atoms with van der Waals surface area (Å²) in [5, 5.41) is 20.2. The Balaban J connectivity index is 2.26. The lowest BCUT2D eigenvalue weighted by Gasteiger charge is -2.35. The SMILES string of the molecule is CCC1Oc2cc3ccc(=O)[nH]c3cc2C(=O)C1(O)C(=O)O. The third kappa shape index (κ3) is 1.82. The van der Waals surface area contributed by atoms with Crippen molar-refractivity contribution in [1.82, 2.24) is 4.98 Å². The molecule has 3 N–H and O–H groups in total. The van der Waals surface area contributed by atoms with E-state index in [1.54, 1.807) is 19.1 Å². The van der Waals surface area contributed by atoms with Crippen LogP contribution in [0.2, 0.25) is 0 Å². The van der Waals surface area contributed by atoms with Crippen LogP contribution in [0.15, 0.2) is 29.1 Å². The van der Waals surface area contributed by atoms with Crippen molar-refractivity contribution in [3.8, 4) is 5.75 Å². The van der Waals surface area contributed by atoms with Crippen molar-refractivity contribution < 1.29 is 24.5 Å². The van der Waals surface area contributed by atoms with Gasteiger partial charge >= 0.3 is 5.97 Å². The number of ketones is 1. The molecule has 114 valence electrons. The molecule has 2 heterocycles. The van der Waals surface area contributed by atoms with Gasteiger partial charge in [-0.3, -0.25) is 9.59 Å². The van der Waals surface area contributed by atoms with Crippen molar-refractivity contribution >= 4 is 22.7 Å². The normalized spacial score (nSPS) is 23.9. The molecule has 0 bridgehead atoms. The quantitative estimate of drug-likeness (QED) is 0.703. The molecule has 0 aliphatic carbocycles. The second-order valence-corrected chi connectivity index (χ2v) is 5.17. The van der Waals surface area contributed by atoms with Gasteiger partial charge < -0.3 is 19.9 Å². The molecule has 0 saturated carbocycles. The van der Waals surface area contributed by atoms with Gasteiger partial charge in [0.05, 0.1) is 5.56 Å². The third-order valence-corrected chi connectivity index (χ3v) is 3.85. The number of hydrogen-bond donors (Lipinski definition) is 3. The van der Waals surface area contributed by atoms with Crippen LogP contribution in [0.25, 0.3) is 10.9 Å². The maximum Gasteiger partial charge on any atom is 0.348 e. The molecule has 0 amide bonds. The smallest absolute Gasteiger partial charge is 0.348 e. The van der Waals surface area contributed by atoms with Crippen molar-refractivity contribution in [1.29, 1.82) is 0 Å².